The van der Waals surface area contributed by atoms with E-state index in [0.717, 1.165) is 13.1 Å². The summed E-state index contributed by atoms with van der Waals surface area (Å²) < 4.78 is 5.14. The molecule has 1 saturated heterocycles. The van der Waals surface area contributed by atoms with Crippen LogP contribution >= 0.6 is 0 Å². The zero-order valence-electron chi connectivity index (χ0n) is 10.4. The van der Waals surface area contributed by atoms with Crippen LogP contribution in [0.2, 0.25) is 0 Å². The molecule has 2 unspecified atom stereocenters. The summed E-state index contributed by atoms with van der Waals surface area (Å²) in [5.41, 5.74) is -0.240. The van der Waals surface area contributed by atoms with E-state index in [1.165, 1.54) is 13.4 Å². The monoisotopic (exact) mass is 238 g/mol. The summed E-state index contributed by atoms with van der Waals surface area (Å²) in [6, 6.07) is 0.659. The van der Waals surface area contributed by atoms with Crippen molar-refractivity contribution in [2.24, 2.45) is 0 Å². The number of nitrogens with zero attached hydrogens (tertiary/aromatic N) is 2. The van der Waals surface area contributed by atoms with Crippen molar-refractivity contribution in [3.05, 3.63) is 16.7 Å². The van der Waals surface area contributed by atoms with Gasteiger partial charge in [0.05, 0.1) is 13.4 Å². The third-order valence-electron chi connectivity index (χ3n) is 3.03. The van der Waals surface area contributed by atoms with Crippen LogP contribution in [-0.4, -0.2) is 42.3 Å². The van der Waals surface area contributed by atoms with Crippen LogP contribution in [0.25, 0.3) is 0 Å². The number of rotatable bonds is 2. The molecule has 1 aliphatic rings. The molecule has 17 heavy (non-hydrogen) atoms. The Morgan fingerprint density at radius 2 is 2.29 bits per heavy atom. The zero-order valence-corrected chi connectivity index (χ0v) is 10.4. The number of nitrogens with one attached hydrogen (secondary N) is 2. The maximum absolute atomic E-state index is 11.6. The minimum Gasteiger partial charge on any atom is -0.489 e. The van der Waals surface area contributed by atoms with Gasteiger partial charge in [-0.2, -0.15) is 0 Å². The van der Waals surface area contributed by atoms with Gasteiger partial charge in [-0.15, -0.1) is 0 Å². The standard InChI is InChI=1S/C11H18N4O2/c1-7-5-15(8(2)4-12-7)10-9(17-3)11(16)14-6-13-10/h6-8,12H,4-5H2,1-3H3,(H,13,14,16). The van der Waals surface area contributed by atoms with Gasteiger partial charge in [0, 0.05) is 25.2 Å². The van der Waals surface area contributed by atoms with E-state index < -0.39 is 0 Å². The van der Waals surface area contributed by atoms with E-state index in [1.807, 2.05) is 0 Å². The highest BCUT2D eigenvalue weighted by Crippen LogP contribution is 2.24. The quantitative estimate of drug-likeness (QED) is 0.757. The second kappa shape index (κ2) is 4.75. The van der Waals surface area contributed by atoms with Crippen molar-refractivity contribution in [1.82, 2.24) is 15.3 Å². The van der Waals surface area contributed by atoms with Gasteiger partial charge in [-0.25, -0.2) is 4.98 Å². The average Bonchev–Trinajstić information content (AvgIpc) is 2.32. The molecular formula is C11H18N4O2. The SMILES string of the molecule is COc1c(N2CC(C)NCC2C)nc[nH]c1=O. The lowest BCUT2D eigenvalue weighted by Gasteiger charge is -2.38. The fourth-order valence-electron chi connectivity index (χ4n) is 2.08. The molecule has 1 aromatic rings. The Morgan fingerprint density at radius 3 is 3.00 bits per heavy atom. The van der Waals surface area contributed by atoms with Gasteiger partial charge in [0.25, 0.3) is 5.56 Å². The van der Waals surface area contributed by atoms with E-state index in [0.29, 0.717) is 11.9 Å². The molecule has 2 rings (SSSR count). The molecule has 1 aromatic heterocycles. The number of methoxy groups -OCH3 is 1. The second-order valence-corrected chi connectivity index (χ2v) is 4.40. The van der Waals surface area contributed by atoms with Crippen molar-refractivity contribution in [1.29, 1.82) is 0 Å². The summed E-state index contributed by atoms with van der Waals surface area (Å²) in [7, 11) is 1.49. The summed E-state index contributed by atoms with van der Waals surface area (Å²) in [4.78, 5) is 20.5. The lowest BCUT2D eigenvalue weighted by atomic mass is 10.1. The van der Waals surface area contributed by atoms with E-state index in [4.69, 9.17) is 4.74 Å². The summed E-state index contributed by atoms with van der Waals surface area (Å²) in [6.07, 6.45) is 1.42. The average molecular weight is 238 g/mol. The molecule has 2 heterocycles. The van der Waals surface area contributed by atoms with Gasteiger partial charge in [0.15, 0.2) is 5.82 Å². The van der Waals surface area contributed by atoms with Crippen LogP contribution in [0, 0.1) is 0 Å². The third-order valence-corrected chi connectivity index (χ3v) is 3.03. The Hall–Kier alpha value is -1.56. The Labute approximate surface area is 100 Å². The van der Waals surface area contributed by atoms with Crippen molar-refractivity contribution < 1.29 is 4.74 Å². The predicted octanol–water partition coefficient (Wildman–Crippen LogP) is -0.0349. The van der Waals surface area contributed by atoms with E-state index in [2.05, 4.69) is 34.0 Å². The molecule has 1 aliphatic heterocycles. The Balaban J connectivity index is 2.38. The fourth-order valence-corrected chi connectivity index (χ4v) is 2.08. The Morgan fingerprint density at radius 1 is 1.53 bits per heavy atom. The minimum absolute atomic E-state index is 0.240. The van der Waals surface area contributed by atoms with E-state index in [1.54, 1.807) is 0 Å². The van der Waals surface area contributed by atoms with Crippen LogP contribution in [0.15, 0.2) is 11.1 Å². The first-order valence-corrected chi connectivity index (χ1v) is 5.75. The molecule has 94 valence electrons. The number of aromatic nitrogens is 2. The van der Waals surface area contributed by atoms with E-state index in [9.17, 15) is 4.79 Å². The van der Waals surface area contributed by atoms with Crippen molar-refractivity contribution in [2.45, 2.75) is 25.9 Å². The highest BCUT2D eigenvalue weighted by atomic mass is 16.5. The first kappa shape index (κ1) is 11.9. The van der Waals surface area contributed by atoms with Crippen LogP contribution in [0.3, 0.4) is 0 Å². The molecule has 6 nitrogen and oxygen atoms in total. The molecule has 0 spiro atoms. The van der Waals surface area contributed by atoms with Crippen LogP contribution in [0.4, 0.5) is 5.82 Å². The van der Waals surface area contributed by atoms with Gasteiger partial charge in [-0.05, 0) is 13.8 Å². The van der Waals surface area contributed by atoms with Gasteiger partial charge in [-0.1, -0.05) is 0 Å². The third kappa shape index (κ3) is 2.26. The van der Waals surface area contributed by atoms with Crippen molar-refractivity contribution in [3.8, 4) is 5.75 Å². The maximum atomic E-state index is 11.6. The number of H-pyrrole nitrogens is 1. The molecule has 2 N–H and O–H groups in total. The smallest absolute Gasteiger partial charge is 0.295 e. The maximum Gasteiger partial charge on any atom is 0.295 e. The summed E-state index contributed by atoms with van der Waals surface area (Å²) in [5, 5.41) is 3.39. The molecule has 2 atom stereocenters. The van der Waals surface area contributed by atoms with Gasteiger partial charge < -0.3 is 19.9 Å². The molecule has 1 fully saturated rings. The summed E-state index contributed by atoms with van der Waals surface area (Å²) in [6.45, 7) is 5.90. The number of anilines is 1. The predicted molar refractivity (Wildman–Crippen MR) is 65.7 cm³/mol. The molecule has 0 radical (unpaired) electrons. The molecule has 6 heteroatoms. The molecule has 0 saturated carbocycles. The number of ether oxygens (including phenoxy) is 1. The van der Waals surface area contributed by atoms with Gasteiger partial charge in [-0.3, -0.25) is 4.79 Å². The number of piperazine rings is 1. The molecule has 0 bridgehead atoms. The van der Waals surface area contributed by atoms with Crippen molar-refractivity contribution >= 4 is 5.82 Å². The lowest BCUT2D eigenvalue weighted by molar-refractivity contribution is 0.388. The fraction of sp³-hybridized carbons (Fsp3) is 0.636. The van der Waals surface area contributed by atoms with Crippen LogP contribution in [0.5, 0.6) is 5.75 Å². The second-order valence-electron chi connectivity index (χ2n) is 4.40. The first-order chi connectivity index (χ1) is 8.13. The van der Waals surface area contributed by atoms with Gasteiger partial charge >= 0.3 is 0 Å². The highest BCUT2D eigenvalue weighted by molar-refractivity contribution is 5.52. The van der Waals surface area contributed by atoms with Crippen molar-refractivity contribution in [3.63, 3.8) is 0 Å². The minimum atomic E-state index is -0.240. The van der Waals surface area contributed by atoms with Gasteiger partial charge in [0.2, 0.25) is 5.75 Å². The molecule has 0 aliphatic carbocycles. The molecular weight excluding hydrogens is 220 g/mol. The summed E-state index contributed by atoms with van der Waals surface area (Å²) in [5.74, 6) is 0.908. The van der Waals surface area contributed by atoms with Crippen LogP contribution in [-0.2, 0) is 0 Å². The van der Waals surface area contributed by atoms with Crippen LogP contribution < -0.4 is 20.5 Å². The largest absolute Gasteiger partial charge is 0.489 e. The van der Waals surface area contributed by atoms with Crippen molar-refractivity contribution in [2.75, 3.05) is 25.1 Å². The van der Waals surface area contributed by atoms with Crippen LogP contribution in [0.1, 0.15) is 13.8 Å². The molecule has 0 aromatic carbocycles. The van der Waals surface area contributed by atoms with E-state index in [-0.39, 0.29) is 17.4 Å². The number of hydrogen-bond donors (Lipinski definition) is 2. The normalized spacial score (nSPS) is 24.8. The Bertz CT molecular complexity index is 445. The highest BCUT2D eigenvalue weighted by Gasteiger charge is 2.26. The Kier molecular flexibility index (Phi) is 3.33. The van der Waals surface area contributed by atoms with E-state index >= 15 is 0 Å². The topological polar surface area (TPSA) is 70.2 Å². The molecule has 0 amide bonds. The number of aromatic amines is 1. The number of hydrogen-bond acceptors (Lipinski definition) is 5. The zero-order chi connectivity index (χ0) is 12.4. The summed E-state index contributed by atoms with van der Waals surface area (Å²) >= 11 is 0. The first-order valence-electron chi connectivity index (χ1n) is 5.75. The van der Waals surface area contributed by atoms with Gasteiger partial charge in [0.1, 0.15) is 0 Å². The lowest BCUT2D eigenvalue weighted by Crippen LogP contribution is -2.55.